The minimum absolute atomic E-state index is 1.37. The summed E-state index contributed by atoms with van der Waals surface area (Å²) in [5.41, 5.74) is 9.00. The monoisotopic (exact) mass is 204 g/mol. The summed E-state index contributed by atoms with van der Waals surface area (Å²) in [7, 11) is 3.00. The third-order valence-electron chi connectivity index (χ3n) is 1.96. The number of hydrogen-bond donors (Lipinski definition) is 2. The van der Waals surface area contributed by atoms with Crippen LogP contribution in [-0.2, 0) is 0 Å². The lowest BCUT2D eigenvalue weighted by Crippen LogP contribution is -1.77. The lowest BCUT2D eigenvalue weighted by atomic mass is 10.1. The molecule has 4 N–H and O–H groups in total. The minimum Gasteiger partial charge on any atom is -0.333 e. The van der Waals surface area contributed by atoms with Crippen LogP contribution in [0.1, 0.15) is 65.2 Å². The maximum absolute atomic E-state index is 4.50. The second-order valence-corrected chi connectivity index (χ2v) is 3.12. The first-order valence-electron chi connectivity index (χ1n) is 6.07. The molecule has 0 fully saturated rings. The molecule has 0 aliphatic carbocycles. The number of rotatable bonds is 7. The highest BCUT2D eigenvalue weighted by molar-refractivity contribution is 4.43. The summed E-state index contributed by atoms with van der Waals surface area (Å²) in [6.07, 6.45) is 11.5. The lowest BCUT2D eigenvalue weighted by molar-refractivity contribution is 0.585. The van der Waals surface area contributed by atoms with E-state index in [0.29, 0.717) is 0 Å². The molecule has 2 nitrogen and oxygen atoms in total. The Labute approximate surface area is 91.4 Å². The van der Waals surface area contributed by atoms with Gasteiger partial charge in [0.25, 0.3) is 0 Å². The quantitative estimate of drug-likeness (QED) is 0.625. The minimum atomic E-state index is 1.37. The zero-order valence-corrected chi connectivity index (χ0v) is 10.8. The van der Waals surface area contributed by atoms with E-state index in [1.807, 2.05) is 0 Å². The van der Waals surface area contributed by atoms with Crippen LogP contribution in [0.15, 0.2) is 0 Å². The van der Waals surface area contributed by atoms with Gasteiger partial charge >= 0.3 is 0 Å². The molecule has 0 aromatic rings. The van der Waals surface area contributed by atoms with E-state index in [0.717, 1.165) is 0 Å². The average molecular weight is 204 g/mol. The molecule has 0 aliphatic rings. The molecule has 0 aromatic heterocycles. The van der Waals surface area contributed by atoms with E-state index >= 15 is 0 Å². The van der Waals surface area contributed by atoms with Crippen LogP contribution in [-0.4, -0.2) is 14.1 Å². The van der Waals surface area contributed by atoms with Crippen molar-refractivity contribution in [1.29, 1.82) is 0 Å². The van der Waals surface area contributed by atoms with Crippen molar-refractivity contribution in [3.05, 3.63) is 0 Å². The second-order valence-electron chi connectivity index (χ2n) is 3.12. The Morgan fingerprint density at radius 3 is 0.929 bits per heavy atom. The number of hydrogen-bond acceptors (Lipinski definition) is 2. The van der Waals surface area contributed by atoms with Crippen molar-refractivity contribution in [2.75, 3.05) is 14.1 Å². The van der Waals surface area contributed by atoms with Gasteiger partial charge in [-0.1, -0.05) is 65.2 Å². The van der Waals surface area contributed by atoms with E-state index < -0.39 is 0 Å². The molecule has 0 rings (SSSR count). The Kier molecular flexibility index (Phi) is 40.7. The van der Waals surface area contributed by atoms with E-state index in [9.17, 15) is 0 Å². The Morgan fingerprint density at radius 2 is 0.714 bits per heavy atom. The highest BCUT2D eigenvalue weighted by Gasteiger charge is 1.87. The zero-order chi connectivity index (χ0) is 11.7. The molecule has 90 valence electrons. The third kappa shape index (κ3) is 29.7. The van der Waals surface area contributed by atoms with E-state index in [1.165, 1.54) is 65.5 Å². The molecular formula is C12H32N2. The second kappa shape index (κ2) is 29.3. The predicted molar refractivity (Wildman–Crippen MR) is 68.5 cm³/mol. The lowest BCUT2D eigenvalue weighted by Gasteiger charge is -1.97. The van der Waals surface area contributed by atoms with Gasteiger partial charge in [-0.3, -0.25) is 0 Å². The van der Waals surface area contributed by atoms with Gasteiger partial charge in [-0.05, 0) is 14.1 Å². The summed E-state index contributed by atoms with van der Waals surface area (Å²) in [5, 5.41) is 0. The van der Waals surface area contributed by atoms with Crippen LogP contribution in [0.5, 0.6) is 0 Å². The van der Waals surface area contributed by atoms with Crippen LogP contribution in [0.2, 0.25) is 0 Å². The molecular weight excluding hydrogens is 172 g/mol. The highest BCUT2D eigenvalue weighted by Crippen LogP contribution is 2.07. The van der Waals surface area contributed by atoms with E-state index in [4.69, 9.17) is 0 Å². The van der Waals surface area contributed by atoms with Crippen molar-refractivity contribution < 1.29 is 0 Å². The standard InChI is InChI=1S/C10H22.2CH5N/c1-3-5-7-9-10-8-6-4-2;2*1-2/h3-10H2,1-2H3;2*2H2,1H3. The average Bonchev–Trinajstić information content (AvgIpc) is 2.29. The third-order valence-corrected chi connectivity index (χ3v) is 1.96. The molecule has 0 saturated carbocycles. The SMILES string of the molecule is CCCCCCCCCC.CN.CN. The number of nitrogens with two attached hydrogens (primary N) is 2. The fourth-order valence-corrected chi connectivity index (χ4v) is 1.21. The molecule has 0 unspecified atom stereocenters. The largest absolute Gasteiger partial charge is 0.333 e. The van der Waals surface area contributed by atoms with Gasteiger partial charge < -0.3 is 11.5 Å². The molecule has 0 saturated heterocycles. The Hall–Kier alpha value is -0.0800. The van der Waals surface area contributed by atoms with Gasteiger partial charge in [-0.15, -0.1) is 0 Å². The normalized spacial score (nSPS) is 8.14. The van der Waals surface area contributed by atoms with Gasteiger partial charge in [0.15, 0.2) is 0 Å². The molecule has 14 heavy (non-hydrogen) atoms. The van der Waals surface area contributed by atoms with Crippen LogP contribution < -0.4 is 11.5 Å². The van der Waals surface area contributed by atoms with Crippen LogP contribution >= 0.6 is 0 Å². The van der Waals surface area contributed by atoms with Crippen molar-refractivity contribution in [3.8, 4) is 0 Å². The van der Waals surface area contributed by atoms with Crippen LogP contribution in [0.3, 0.4) is 0 Å². The maximum atomic E-state index is 4.50. The first kappa shape index (κ1) is 19.5. The highest BCUT2D eigenvalue weighted by atomic mass is 14.4. The summed E-state index contributed by atoms with van der Waals surface area (Å²) in [5.74, 6) is 0. The van der Waals surface area contributed by atoms with Crippen LogP contribution in [0.25, 0.3) is 0 Å². The van der Waals surface area contributed by atoms with Crippen molar-refractivity contribution in [1.82, 2.24) is 0 Å². The van der Waals surface area contributed by atoms with Gasteiger partial charge in [0, 0.05) is 0 Å². The summed E-state index contributed by atoms with van der Waals surface area (Å²) in [6, 6.07) is 0. The van der Waals surface area contributed by atoms with Gasteiger partial charge in [0.1, 0.15) is 0 Å². The Morgan fingerprint density at radius 1 is 0.500 bits per heavy atom. The summed E-state index contributed by atoms with van der Waals surface area (Å²) >= 11 is 0. The van der Waals surface area contributed by atoms with E-state index in [-0.39, 0.29) is 0 Å². The molecule has 0 aromatic carbocycles. The number of unbranched alkanes of at least 4 members (excludes halogenated alkanes) is 7. The van der Waals surface area contributed by atoms with Crippen LogP contribution in [0, 0.1) is 0 Å². The van der Waals surface area contributed by atoms with Crippen LogP contribution in [0.4, 0.5) is 0 Å². The fraction of sp³-hybridized carbons (Fsp3) is 1.00. The van der Waals surface area contributed by atoms with Gasteiger partial charge in [0.2, 0.25) is 0 Å². The van der Waals surface area contributed by atoms with Crippen molar-refractivity contribution in [3.63, 3.8) is 0 Å². The van der Waals surface area contributed by atoms with Gasteiger partial charge in [-0.25, -0.2) is 0 Å². The molecule has 0 amide bonds. The molecule has 0 spiro atoms. The molecule has 0 atom stereocenters. The predicted octanol–water partition coefficient (Wildman–Crippen LogP) is 3.30. The summed E-state index contributed by atoms with van der Waals surface area (Å²) < 4.78 is 0. The fourth-order valence-electron chi connectivity index (χ4n) is 1.21. The smallest absolute Gasteiger partial charge is 0.0195 e. The first-order chi connectivity index (χ1) is 6.91. The molecule has 0 heterocycles. The Balaban J connectivity index is -0.000000266. The summed E-state index contributed by atoms with van der Waals surface area (Å²) in [6.45, 7) is 4.54. The molecule has 0 aliphatic heterocycles. The topological polar surface area (TPSA) is 52.0 Å². The van der Waals surface area contributed by atoms with Crippen molar-refractivity contribution >= 4 is 0 Å². The van der Waals surface area contributed by atoms with Gasteiger partial charge in [0.05, 0.1) is 0 Å². The summed E-state index contributed by atoms with van der Waals surface area (Å²) in [4.78, 5) is 0. The molecule has 0 radical (unpaired) electrons. The van der Waals surface area contributed by atoms with Crippen molar-refractivity contribution in [2.45, 2.75) is 65.2 Å². The maximum Gasteiger partial charge on any atom is -0.0195 e. The molecule has 2 heteroatoms. The van der Waals surface area contributed by atoms with E-state index in [1.54, 1.807) is 0 Å². The van der Waals surface area contributed by atoms with Crippen molar-refractivity contribution in [2.24, 2.45) is 11.5 Å². The van der Waals surface area contributed by atoms with E-state index in [2.05, 4.69) is 25.3 Å². The zero-order valence-electron chi connectivity index (χ0n) is 10.8. The molecule has 0 bridgehead atoms. The Bertz CT molecular complexity index is 48.3. The van der Waals surface area contributed by atoms with Gasteiger partial charge in [-0.2, -0.15) is 0 Å². The first-order valence-corrected chi connectivity index (χ1v) is 6.07.